The van der Waals surface area contributed by atoms with Crippen molar-refractivity contribution < 1.29 is 63.2 Å². The van der Waals surface area contributed by atoms with Crippen LogP contribution in [0.25, 0.3) is 0 Å². The molecule has 0 heterocycles. The van der Waals surface area contributed by atoms with E-state index in [1.54, 1.807) is 0 Å². The summed E-state index contributed by atoms with van der Waals surface area (Å²) >= 11 is -1.35. The Morgan fingerprint density at radius 2 is 1.29 bits per heavy atom. The molecule has 0 aromatic rings. The second kappa shape index (κ2) is 7.19. The molecule has 0 aliphatic rings. The van der Waals surface area contributed by atoms with Crippen molar-refractivity contribution in [2.24, 2.45) is 0 Å². The Labute approximate surface area is 114 Å². The lowest BCUT2D eigenvalue weighted by atomic mass is 10.6. The zero-order valence-electron chi connectivity index (χ0n) is 9.56. The van der Waals surface area contributed by atoms with E-state index in [0.717, 1.165) is 7.11 Å². The van der Waals surface area contributed by atoms with Crippen LogP contribution in [0.3, 0.4) is 0 Å². The topological polar surface area (TPSA) is 46.2 Å². The van der Waals surface area contributed by atoms with Crippen LogP contribution in [0.2, 0.25) is 0 Å². The summed E-state index contributed by atoms with van der Waals surface area (Å²) in [4.78, 5) is 3.60. The highest BCUT2D eigenvalue weighted by Crippen LogP contribution is 2.45. The Kier molecular flexibility index (Phi) is 7.02. The summed E-state index contributed by atoms with van der Waals surface area (Å²) in [7, 11) is 0.764. The van der Waals surface area contributed by atoms with Crippen molar-refractivity contribution >= 4 is 12.0 Å². The van der Waals surface area contributed by atoms with Gasteiger partial charge in [0.25, 0.3) is 0 Å². The van der Waals surface area contributed by atoms with Crippen LogP contribution in [-0.4, -0.2) is 37.6 Å². The van der Waals surface area contributed by atoms with E-state index in [0.29, 0.717) is 0 Å². The molecule has 0 radical (unpaired) electrons. The van der Waals surface area contributed by atoms with Gasteiger partial charge in [0, 0.05) is 0 Å². The maximum atomic E-state index is 12.7. The molecule has 0 saturated carbocycles. The van der Waals surface area contributed by atoms with Crippen LogP contribution in [0.1, 0.15) is 0 Å². The molecule has 0 atom stereocenters. The Morgan fingerprint density at radius 3 is 1.71 bits per heavy atom. The Bertz CT molecular complexity index is 322. The van der Waals surface area contributed by atoms with Crippen LogP contribution in [-0.2, 0) is 23.7 Å². The van der Waals surface area contributed by atoms with E-state index in [-0.39, 0.29) is 0 Å². The first-order valence-corrected chi connectivity index (χ1v) is 5.04. The predicted octanol–water partition coefficient (Wildman–Crippen LogP) is 3.48. The van der Waals surface area contributed by atoms with E-state index in [4.69, 9.17) is 0 Å². The third-order valence-electron chi connectivity index (χ3n) is 1.38. The smallest absolute Gasteiger partial charge is 0.288 e. The van der Waals surface area contributed by atoms with Gasteiger partial charge in [0.1, 0.15) is 12.0 Å². The second-order valence-electron chi connectivity index (χ2n) is 2.84. The molecule has 0 N–H and O–H groups in total. The van der Waals surface area contributed by atoms with Gasteiger partial charge in [-0.15, -0.1) is 4.33 Å². The standard InChI is InChI=1S/C6H5F9O5S/c1-16-19-20-21-6(14,15)5(12,13)18-2-17-4(10,11)3(7,8)9/h2H2,1H3. The molecule has 0 aliphatic carbocycles. The molecule has 0 spiro atoms. The van der Waals surface area contributed by atoms with Crippen LogP contribution in [0, 0.1) is 0 Å². The van der Waals surface area contributed by atoms with Gasteiger partial charge < -0.3 is 0 Å². The van der Waals surface area contributed by atoms with E-state index >= 15 is 0 Å². The monoisotopic (exact) mass is 360 g/mol. The van der Waals surface area contributed by atoms with Gasteiger partial charge >= 0.3 is 23.6 Å². The van der Waals surface area contributed by atoms with E-state index < -0.39 is 42.5 Å². The maximum Gasteiger partial charge on any atom is 0.483 e. The lowest BCUT2D eigenvalue weighted by Gasteiger charge is -2.25. The van der Waals surface area contributed by atoms with Gasteiger partial charge in [0.2, 0.25) is 0 Å². The summed E-state index contributed by atoms with van der Waals surface area (Å²) in [6, 6.07) is 0. The molecule has 21 heavy (non-hydrogen) atoms. The van der Waals surface area contributed by atoms with Crippen LogP contribution < -0.4 is 0 Å². The summed E-state index contributed by atoms with van der Waals surface area (Å²) in [5, 5.41) is -1.86. The zero-order chi connectivity index (χ0) is 16.9. The summed E-state index contributed by atoms with van der Waals surface area (Å²) < 4.78 is 119. The molecular formula is C6H5F9O5S. The highest BCUT2D eigenvalue weighted by atomic mass is 32.2. The molecule has 0 unspecified atom stereocenters. The molecular weight excluding hydrogens is 355 g/mol. The van der Waals surface area contributed by atoms with Gasteiger partial charge in [0.15, 0.2) is 6.79 Å². The first-order valence-electron chi connectivity index (χ1n) is 4.30. The Balaban J connectivity index is 4.48. The minimum atomic E-state index is -6.24. The SMILES string of the molecule is COOOSC(F)(F)C(F)(F)OCOC(F)(F)C(F)(F)F. The molecule has 0 bridgehead atoms. The number of alkyl halides is 9. The maximum absolute atomic E-state index is 12.7. The average Bonchev–Trinajstić information content (AvgIpc) is 2.26. The summed E-state index contributed by atoms with van der Waals surface area (Å²) in [5.74, 6) is 0. The van der Waals surface area contributed by atoms with E-state index in [9.17, 15) is 39.5 Å². The van der Waals surface area contributed by atoms with Crippen molar-refractivity contribution in [3.05, 3.63) is 0 Å². The predicted molar refractivity (Wildman–Crippen MR) is 44.7 cm³/mol. The van der Waals surface area contributed by atoms with E-state index in [1.807, 2.05) is 0 Å². The fourth-order valence-electron chi connectivity index (χ4n) is 0.476. The molecule has 0 saturated heterocycles. The third kappa shape index (κ3) is 6.03. The van der Waals surface area contributed by atoms with Crippen LogP contribution >= 0.6 is 12.0 Å². The van der Waals surface area contributed by atoms with E-state index in [2.05, 4.69) is 23.7 Å². The number of halogens is 9. The first kappa shape index (κ1) is 20.5. The minimum absolute atomic E-state index is 0.764. The van der Waals surface area contributed by atoms with Crippen LogP contribution in [0.15, 0.2) is 0 Å². The number of hydrogen-bond acceptors (Lipinski definition) is 6. The minimum Gasteiger partial charge on any atom is -0.288 e. The van der Waals surface area contributed by atoms with E-state index in [1.165, 1.54) is 0 Å². The van der Waals surface area contributed by atoms with Gasteiger partial charge in [-0.2, -0.15) is 39.5 Å². The molecule has 128 valence electrons. The third-order valence-corrected chi connectivity index (χ3v) is 1.95. The van der Waals surface area contributed by atoms with Crippen molar-refractivity contribution in [1.29, 1.82) is 0 Å². The normalized spacial score (nSPS) is 14.6. The van der Waals surface area contributed by atoms with Gasteiger partial charge in [-0.25, -0.2) is 4.89 Å². The molecule has 0 aromatic carbocycles. The molecule has 0 amide bonds. The lowest BCUT2D eigenvalue weighted by molar-refractivity contribution is -0.452. The highest BCUT2D eigenvalue weighted by molar-refractivity contribution is 7.95. The van der Waals surface area contributed by atoms with Gasteiger partial charge in [-0.3, -0.25) is 9.47 Å². The van der Waals surface area contributed by atoms with Crippen molar-refractivity contribution in [3.63, 3.8) is 0 Å². The quantitative estimate of drug-likeness (QED) is 0.157. The molecule has 0 fully saturated rings. The Hall–Kier alpha value is -0.480. The van der Waals surface area contributed by atoms with Crippen LogP contribution in [0.4, 0.5) is 39.5 Å². The molecule has 0 aliphatic heterocycles. The molecule has 0 rings (SSSR count). The van der Waals surface area contributed by atoms with Crippen LogP contribution in [0.5, 0.6) is 0 Å². The lowest BCUT2D eigenvalue weighted by Crippen LogP contribution is -2.44. The summed E-state index contributed by atoms with van der Waals surface area (Å²) in [6.07, 6.45) is -17.6. The Morgan fingerprint density at radius 1 is 0.810 bits per heavy atom. The fraction of sp³-hybridized carbons (Fsp3) is 1.00. The largest absolute Gasteiger partial charge is 0.483 e. The van der Waals surface area contributed by atoms with Crippen molar-refractivity contribution in [2.75, 3.05) is 13.9 Å². The number of hydrogen-bond donors (Lipinski definition) is 0. The summed E-state index contributed by atoms with van der Waals surface area (Å²) in [6.45, 7) is -2.49. The first-order chi connectivity index (χ1) is 9.27. The zero-order valence-corrected chi connectivity index (χ0v) is 10.4. The second-order valence-corrected chi connectivity index (χ2v) is 3.66. The highest BCUT2D eigenvalue weighted by Gasteiger charge is 2.63. The van der Waals surface area contributed by atoms with Crippen molar-refractivity contribution in [3.8, 4) is 0 Å². The fourth-order valence-corrected chi connectivity index (χ4v) is 0.801. The molecule has 5 nitrogen and oxygen atoms in total. The molecule has 0 aromatic heterocycles. The summed E-state index contributed by atoms with van der Waals surface area (Å²) in [5.41, 5.74) is 0. The number of ether oxygens (including phenoxy) is 2. The van der Waals surface area contributed by atoms with Gasteiger partial charge in [-0.1, -0.05) is 5.04 Å². The average molecular weight is 360 g/mol. The van der Waals surface area contributed by atoms with Gasteiger partial charge in [0.05, 0.1) is 7.11 Å². The molecule has 15 heteroatoms. The van der Waals surface area contributed by atoms with Gasteiger partial charge in [-0.05, 0) is 0 Å². The van der Waals surface area contributed by atoms with Crippen molar-refractivity contribution in [1.82, 2.24) is 0 Å². The number of rotatable bonds is 9. The van der Waals surface area contributed by atoms with Crippen molar-refractivity contribution in [2.45, 2.75) is 23.6 Å².